The van der Waals surface area contributed by atoms with E-state index in [1.807, 2.05) is 0 Å². The monoisotopic (exact) mass is 246 g/mol. The normalized spacial score (nSPS) is 17.7. The van der Waals surface area contributed by atoms with Gasteiger partial charge in [0.2, 0.25) is 5.91 Å². The van der Waals surface area contributed by atoms with Crippen molar-refractivity contribution in [2.24, 2.45) is 5.41 Å². The highest BCUT2D eigenvalue weighted by Crippen LogP contribution is 2.29. The van der Waals surface area contributed by atoms with Gasteiger partial charge in [-0.25, -0.2) is 0 Å². The molecule has 1 aromatic heterocycles. The number of ether oxygens (including phenoxy) is 1. The number of aromatic nitrogens is 2. The third kappa shape index (κ3) is 2.63. The Kier molecular flexibility index (Phi) is 3.85. The summed E-state index contributed by atoms with van der Waals surface area (Å²) in [5, 5.41) is 19.6. The number of rotatable bonds is 3. The zero-order chi connectivity index (χ0) is 12.8. The molecule has 0 bridgehead atoms. The predicted molar refractivity (Wildman–Crippen MR) is 62.0 cm³/mol. The SMILES string of the molecule is N#CC1(C(=O)NCc2cccnn2)CCOCC1. The molecule has 1 saturated heterocycles. The largest absolute Gasteiger partial charge is 0.381 e. The van der Waals surface area contributed by atoms with Gasteiger partial charge >= 0.3 is 0 Å². The van der Waals surface area contributed by atoms with Crippen LogP contribution in [0.25, 0.3) is 0 Å². The molecule has 0 atom stereocenters. The number of nitrogens with one attached hydrogen (secondary N) is 1. The molecular formula is C12H14N4O2. The van der Waals surface area contributed by atoms with Crippen molar-refractivity contribution < 1.29 is 9.53 Å². The zero-order valence-electron chi connectivity index (χ0n) is 9.93. The van der Waals surface area contributed by atoms with Gasteiger partial charge < -0.3 is 10.1 Å². The lowest BCUT2D eigenvalue weighted by molar-refractivity contribution is -0.132. The molecule has 6 nitrogen and oxygen atoms in total. The van der Waals surface area contributed by atoms with Crippen molar-refractivity contribution in [3.63, 3.8) is 0 Å². The second-order valence-corrected chi connectivity index (χ2v) is 4.20. The minimum atomic E-state index is -0.958. The van der Waals surface area contributed by atoms with Crippen molar-refractivity contribution in [1.82, 2.24) is 15.5 Å². The van der Waals surface area contributed by atoms with E-state index in [0.29, 0.717) is 31.7 Å². The lowest BCUT2D eigenvalue weighted by atomic mass is 9.81. The summed E-state index contributed by atoms with van der Waals surface area (Å²) >= 11 is 0. The summed E-state index contributed by atoms with van der Waals surface area (Å²) in [4.78, 5) is 12.1. The van der Waals surface area contributed by atoms with E-state index in [4.69, 9.17) is 4.74 Å². The van der Waals surface area contributed by atoms with Gasteiger partial charge in [-0.2, -0.15) is 15.5 Å². The van der Waals surface area contributed by atoms with Gasteiger partial charge in [-0.15, -0.1) is 0 Å². The second-order valence-electron chi connectivity index (χ2n) is 4.20. The second kappa shape index (κ2) is 5.56. The zero-order valence-corrected chi connectivity index (χ0v) is 9.93. The van der Waals surface area contributed by atoms with E-state index in [9.17, 15) is 10.1 Å². The predicted octanol–water partition coefficient (Wildman–Crippen LogP) is 0.413. The first-order chi connectivity index (χ1) is 8.77. The van der Waals surface area contributed by atoms with Crippen LogP contribution in [-0.4, -0.2) is 29.3 Å². The Morgan fingerprint density at radius 3 is 2.94 bits per heavy atom. The third-order valence-corrected chi connectivity index (χ3v) is 3.05. The van der Waals surface area contributed by atoms with Crippen LogP contribution in [0.15, 0.2) is 18.3 Å². The van der Waals surface area contributed by atoms with E-state index >= 15 is 0 Å². The van der Waals surface area contributed by atoms with Crippen molar-refractivity contribution in [3.05, 3.63) is 24.0 Å². The number of amides is 1. The van der Waals surface area contributed by atoms with Gasteiger partial charge in [-0.05, 0) is 25.0 Å². The molecule has 1 aromatic rings. The Balaban J connectivity index is 1.97. The molecule has 1 aliphatic heterocycles. The number of carbonyl (C=O) groups is 1. The summed E-state index contributed by atoms with van der Waals surface area (Å²) in [6.45, 7) is 1.19. The Morgan fingerprint density at radius 1 is 1.56 bits per heavy atom. The minimum absolute atomic E-state index is 0.251. The molecule has 0 radical (unpaired) electrons. The molecule has 2 rings (SSSR count). The summed E-state index contributed by atoms with van der Waals surface area (Å²) in [5.41, 5.74) is -0.286. The smallest absolute Gasteiger partial charge is 0.240 e. The van der Waals surface area contributed by atoms with Gasteiger partial charge in [0.25, 0.3) is 0 Å². The maximum Gasteiger partial charge on any atom is 0.240 e. The Labute approximate surface area is 105 Å². The van der Waals surface area contributed by atoms with Crippen molar-refractivity contribution in [2.75, 3.05) is 13.2 Å². The quantitative estimate of drug-likeness (QED) is 0.834. The fourth-order valence-corrected chi connectivity index (χ4v) is 1.88. The Bertz CT molecular complexity index is 449. The van der Waals surface area contributed by atoms with Gasteiger partial charge in [0.15, 0.2) is 0 Å². The molecule has 18 heavy (non-hydrogen) atoms. The molecule has 2 heterocycles. The topological polar surface area (TPSA) is 87.9 Å². The van der Waals surface area contributed by atoms with Crippen molar-refractivity contribution >= 4 is 5.91 Å². The Hall–Kier alpha value is -2.00. The average molecular weight is 246 g/mol. The molecule has 0 aromatic carbocycles. The van der Waals surface area contributed by atoms with Crippen molar-refractivity contribution in [1.29, 1.82) is 5.26 Å². The Morgan fingerprint density at radius 2 is 2.33 bits per heavy atom. The summed E-state index contributed by atoms with van der Waals surface area (Å²) < 4.78 is 5.19. The molecular weight excluding hydrogens is 232 g/mol. The average Bonchev–Trinajstić information content (AvgIpc) is 2.46. The van der Waals surface area contributed by atoms with Crippen molar-refractivity contribution in [3.8, 4) is 6.07 Å². The van der Waals surface area contributed by atoms with E-state index in [0.717, 1.165) is 0 Å². The molecule has 0 unspecified atom stereocenters. The van der Waals surface area contributed by atoms with Gasteiger partial charge in [-0.3, -0.25) is 4.79 Å². The first kappa shape index (κ1) is 12.5. The molecule has 1 N–H and O–H groups in total. The first-order valence-electron chi connectivity index (χ1n) is 5.81. The number of hydrogen-bond donors (Lipinski definition) is 1. The van der Waals surface area contributed by atoms with Gasteiger partial charge in [0.1, 0.15) is 5.41 Å². The molecule has 1 fully saturated rings. The van der Waals surface area contributed by atoms with Crippen molar-refractivity contribution in [2.45, 2.75) is 19.4 Å². The molecule has 1 aliphatic rings. The molecule has 0 aliphatic carbocycles. The highest BCUT2D eigenvalue weighted by molar-refractivity contribution is 5.85. The van der Waals surface area contributed by atoms with Crippen LogP contribution in [0.4, 0.5) is 0 Å². The standard InChI is InChI=1S/C12H14N4O2/c13-9-12(3-6-18-7-4-12)11(17)14-8-10-2-1-5-15-16-10/h1-2,5H,3-4,6-8H2,(H,14,17). The first-order valence-corrected chi connectivity index (χ1v) is 5.81. The maximum atomic E-state index is 12.1. The minimum Gasteiger partial charge on any atom is -0.381 e. The van der Waals surface area contributed by atoms with E-state index in [-0.39, 0.29) is 12.5 Å². The lowest BCUT2D eigenvalue weighted by Gasteiger charge is -2.29. The summed E-state index contributed by atoms with van der Waals surface area (Å²) in [6.07, 6.45) is 2.45. The maximum absolute atomic E-state index is 12.1. The highest BCUT2D eigenvalue weighted by atomic mass is 16.5. The van der Waals surface area contributed by atoms with E-state index in [2.05, 4.69) is 21.6 Å². The molecule has 6 heteroatoms. The molecule has 1 amide bonds. The third-order valence-electron chi connectivity index (χ3n) is 3.05. The molecule has 0 saturated carbocycles. The fourth-order valence-electron chi connectivity index (χ4n) is 1.88. The summed E-state index contributed by atoms with van der Waals surface area (Å²) in [6, 6.07) is 5.65. The van der Waals surface area contributed by atoms with Crippen LogP contribution in [0, 0.1) is 16.7 Å². The number of carbonyl (C=O) groups excluding carboxylic acids is 1. The van der Waals surface area contributed by atoms with Crippen LogP contribution in [0.5, 0.6) is 0 Å². The van der Waals surface area contributed by atoms with Gasteiger partial charge in [-0.1, -0.05) is 0 Å². The number of nitriles is 1. The van der Waals surface area contributed by atoms with Crippen LogP contribution >= 0.6 is 0 Å². The summed E-state index contributed by atoms with van der Waals surface area (Å²) in [7, 11) is 0. The van der Waals surface area contributed by atoms with Crippen LogP contribution in [-0.2, 0) is 16.1 Å². The van der Waals surface area contributed by atoms with Crippen LogP contribution in [0.3, 0.4) is 0 Å². The van der Waals surface area contributed by atoms with Gasteiger partial charge in [0.05, 0.1) is 18.3 Å². The van der Waals surface area contributed by atoms with Crippen LogP contribution in [0.1, 0.15) is 18.5 Å². The van der Waals surface area contributed by atoms with Crippen LogP contribution < -0.4 is 5.32 Å². The van der Waals surface area contributed by atoms with E-state index in [1.54, 1.807) is 18.3 Å². The lowest BCUT2D eigenvalue weighted by Crippen LogP contribution is -2.43. The van der Waals surface area contributed by atoms with E-state index in [1.165, 1.54) is 0 Å². The van der Waals surface area contributed by atoms with E-state index < -0.39 is 5.41 Å². The number of nitrogens with zero attached hydrogens (tertiary/aromatic N) is 3. The molecule has 94 valence electrons. The summed E-state index contributed by atoms with van der Waals surface area (Å²) in [5.74, 6) is -0.251. The number of hydrogen-bond acceptors (Lipinski definition) is 5. The van der Waals surface area contributed by atoms with Gasteiger partial charge in [0, 0.05) is 19.4 Å². The van der Waals surface area contributed by atoms with Crippen LogP contribution in [0.2, 0.25) is 0 Å². The fraction of sp³-hybridized carbons (Fsp3) is 0.500. The highest BCUT2D eigenvalue weighted by Gasteiger charge is 2.40. The molecule has 0 spiro atoms.